The van der Waals surface area contributed by atoms with E-state index in [0.29, 0.717) is 11.8 Å². The summed E-state index contributed by atoms with van der Waals surface area (Å²) < 4.78 is 5.19. The summed E-state index contributed by atoms with van der Waals surface area (Å²) in [5.41, 5.74) is 8.91. The number of nitrogens with two attached hydrogens (primary N) is 1. The minimum absolute atomic E-state index is 0.474. The molecule has 0 fully saturated rings. The van der Waals surface area contributed by atoms with Crippen LogP contribution in [0.3, 0.4) is 0 Å². The normalized spacial score (nSPS) is 10.7. The highest BCUT2D eigenvalue weighted by atomic mass is 32.2. The number of hydrogen-bond donors (Lipinski definition) is 1. The van der Waals surface area contributed by atoms with Gasteiger partial charge in [-0.1, -0.05) is 0 Å². The Balaban J connectivity index is 2.39. The third kappa shape index (κ3) is 2.25. The van der Waals surface area contributed by atoms with Crippen LogP contribution in [0.5, 0.6) is 0 Å². The maximum absolute atomic E-state index is 5.73. The zero-order valence-corrected chi connectivity index (χ0v) is 10.0. The quantitative estimate of drug-likeness (QED) is 0.884. The van der Waals surface area contributed by atoms with Crippen molar-refractivity contribution in [3.8, 4) is 0 Å². The number of aryl methyl sites for hydroxylation is 2. The van der Waals surface area contributed by atoms with E-state index in [0.717, 1.165) is 21.8 Å². The van der Waals surface area contributed by atoms with Crippen molar-refractivity contribution in [3.63, 3.8) is 0 Å². The van der Waals surface area contributed by atoms with Crippen LogP contribution < -0.4 is 5.73 Å². The molecule has 0 unspecified atom stereocenters. The third-order valence-electron chi connectivity index (χ3n) is 2.24. The molecule has 4 nitrogen and oxygen atoms in total. The van der Waals surface area contributed by atoms with Crippen molar-refractivity contribution >= 4 is 11.8 Å². The molecule has 16 heavy (non-hydrogen) atoms. The first-order valence-electron chi connectivity index (χ1n) is 4.95. The molecule has 2 N–H and O–H groups in total. The van der Waals surface area contributed by atoms with Gasteiger partial charge in [-0.05, 0) is 37.2 Å². The van der Waals surface area contributed by atoms with Gasteiger partial charge in [0.05, 0.1) is 6.20 Å². The fraction of sp³-hybridized carbons (Fsp3) is 0.273. The Bertz CT molecular complexity index is 482. The summed E-state index contributed by atoms with van der Waals surface area (Å²) in [6, 6.07) is 2.03. The standard InChI is InChI=1S/C11H13N3OS/c1-7-5-8(2)14-10(9(7)6-12)16-11-13-3-4-15-11/h3-5H,6,12H2,1-2H3. The molecule has 0 amide bonds. The number of rotatable bonds is 3. The van der Waals surface area contributed by atoms with Gasteiger partial charge in [0.15, 0.2) is 0 Å². The second kappa shape index (κ2) is 4.67. The average Bonchev–Trinajstić information content (AvgIpc) is 2.70. The van der Waals surface area contributed by atoms with E-state index in [1.807, 2.05) is 19.9 Å². The number of oxazole rings is 1. The van der Waals surface area contributed by atoms with Crippen LogP contribution in [0, 0.1) is 13.8 Å². The van der Waals surface area contributed by atoms with Crippen LogP contribution in [-0.2, 0) is 6.54 Å². The van der Waals surface area contributed by atoms with Crippen molar-refractivity contribution in [3.05, 3.63) is 35.3 Å². The molecule has 2 rings (SSSR count). The van der Waals surface area contributed by atoms with Crippen molar-refractivity contribution < 1.29 is 4.42 Å². The largest absolute Gasteiger partial charge is 0.440 e. The van der Waals surface area contributed by atoms with Crippen molar-refractivity contribution in [2.24, 2.45) is 5.73 Å². The van der Waals surface area contributed by atoms with E-state index >= 15 is 0 Å². The number of aromatic nitrogens is 2. The van der Waals surface area contributed by atoms with Crippen LogP contribution in [0.15, 0.2) is 33.2 Å². The predicted molar refractivity (Wildman–Crippen MR) is 62.2 cm³/mol. The summed E-state index contributed by atoms with van der Waals surface area (Å²) in [6.07, 6.45) is 3.17. The molecule has 0 saturated heterocycles. The zero-order chi connectivity index (χ0) is 11.5. The van der Waals surface area contributed by atoms with E-state index in [2.05, 4.69) is 9.97 Å². The van der Waals surface area contributed by atoms with Crippen molar-refractivity contribution in [1.29, 1.82) is 0 Å². The zero-order valence-electron chi connectivity index (χ0n) is 9.23. The van der Waals surface area contributed by atoms with Gasteiger partial charge in [0.25, 0.3) is 5.22 Å². The first-order chi connectivity index (χ1) is 7.70. The van der Waals surface area contributed by atoms with E-state index in [-0.39, 0.29) is 0 Å². The molecule has 0 atom stereocenters. The summed E-state index contributed by atoms with van der Waals surface area (Å²) in [4.78, 5) is 8.52. The average molecular weight is 235 g/mol. The Morgan fingerprint density at radius 1 is 1.44 bits per heavy atom. The highest BCUT2D eigenvalue weighted by molar-refractivity contribution is 7.99. The molecule has 0 aliphatic heterocycles. The van der Waals surface area contributed by atoms with E-state index in [9.17, 15) is 0 Å². The third-order valence-corrected chi connectivity index (χ3v) is 3.14. The lowest BCUT2D eigenvalue weighted by Crippen LogP contribution is -2.04. The molecular weight excluding hydrogens is 222 g/mol. The van der Waals surface area contributed by atoms with Gasteiger partial charge in [0.1, 0.15) is 11.3 Å². The minimum Gasteiger partial charge on any atom is -0.440 e. The van der Waals surface area contributed by atoms with E-state index < -0.39 is 0 Å². The Labute approximate surface area is 98.3 Å². The second-order valence-electron chi connectivity index (χ2n) is 3.47. The van der Waals surface area contributed by atoms with Gasteiger partial charge in [-0.3, -0.25) is 0 Å². The topological polar surface area (TPSA) is 64.9 Å². The SMILES string of the molecule is Cc1cc(C)c(CN)c(Sc2ncco2)n1. The van der Waals surface area contributed by atoms with Crippen molar-refractivity contribution in [1.82, 2.24) is 9.97 Å². The summed E-state index contributed by atoms with van der Waals surface area (Å²) in [5.74, 6) is 0. The summed E-state index contributed by atoms with van der Waals surface area (Å²) in [5, 5.41) is 1.47. The van der Waals surface area contributed by atoms with Gasteiger partial charge in [0.2, 0.25) is 0 Å². The minimum atomic E-state index is 0.474. The molecule has 0 saturated carbocycles. The van der Waals surface area contributed by atoms with Crippen LogP contribution >= 0.6 is 11.8 Å². The smallest absolute Gasteiger partial charge is 0.261 e. The molecule has 0 radical (unpaired) electrons. The Kier molecular flexibility index (Phi) is 3.26. The lowest BCUT2D eigenvalue weighted by molar-refractivity contribution is 0.454. The number of hydrogen-bond acceptors (Lipinski definition) is 5. The first-order valence-corrected chi connectivity index (χ1v) is 5.77. The fourth-order valence-corrected chi connectivity index (χ4v) is 2.45. The maximum atomic E-state index is 5.73. The van der Waals surface area contributed by atoms with Gasteiger partial charge in [-0.2, -0.15) is 0 Å². The predicted octanol–water partition coefficient (Wildman–Crippen LogP) is 2.30. The highest BCUT2D eigenvalue weighted by Crippen LogP contribution is 2.29. The van der Waals surface area contributed by atoms with Crippen molar-refractivity contribution in [2.75, 3.05) is 0 Å². The molecular formula is C11H13N3OS. The molecule has 84 valence electrons. The lowest BCUT2D eigenvalue weighted by Gasteiger charge is -2.09. The van der Waals surface area contributed by atoms with Gasteiger partial charge in [-0.15, -0.1) is 0 Å². The molecule has 5 heteroatoms. The van der Waals surface area contributed by atoms with Gasteiger partial charge in [0, 0.05) is 17.8 Å². The maximum Gasteiger partial charge on any atom is 0.261 e. The summed E-state index contributed by atoms with van der Waals surface area (Å²) in [7, 11) is 0. The monoisotopic (exact) mass is 235 g/mol. The first kappa shape index (κ1) is 11.2. The fourth-order valence-electron chi connectivity index (χ4n) is 1.51. The van der Waals surface area contributed by atoms with Crippen molar-refractivity contribution in [2.45, 2.75) is 30.6 Å². The summed E-state index contributed by atoms with van der Waals surface area (Å²) >= 11 is 1.40. The number of pyridine rings is 1. The Morgan fingerprint density at radius 2 is 2.25 bits per heavy atom. The molecule has 2 aromatic rings. The molecule has 2 heterocycles. The van der Waals surface area contributed by atoms with Gasteiger partial charge < -0.3 is 10.2 Å². The van der Waals surface area contributed by atoms with Crippen LogP contribution in [0.2, 0.25) is 0 Å². The van der Waals surface area contributed by atoms with Crippen LogP contribution in [0.25, 0.3) is 0 Å². The van der Waals surface area contributed by atoms with Gasteiger partial charge >= 0.3 is 0 Å². The van der Waals surface area contributed by atoms with Crippen LogP contribution in [0.1, 0.15) is 16.8 Å². The lowest BCUT2D eigenvalue weighted by atomic mass is 10.1. The molecule has 2 aromatic heterocycles. The molecule has 0 aromatic carbocycles. The highest BCUT2D eigenvalue weighted by Gasteiger charge is 2.11. The van der Waals surface area contributed by atoms with E-state index in [1.54, 1.807) is 12.5 Å². The number of nitrogens with zero attached hydrogens (tertiary/aromatic N) is 2. The Hall–Kier alpha value is -1.33. The second-order valence-corrected chi connectivity index (χ2v) is 4.41. The molecule has 0 spiro atoms. The molecule has 0 aliphatic carbocycles. The van der Waals surface area contributed by atoms with E-state index in [1.165, 1.54) is 11.8 Å². The summed E-state index contributed by atoms with van der Waals surface area (Å²) in [6.45, 7) is 4.48. The van der Waals surface area contributed by atoms with Crippen LogP contribution in [-0.4, -0.2) is 9.97 Å². The molecule has 0 bridgehead atoms. The molecule has 0 aliphatic rings. The Morgan fingerprint density at radius 3 is 2.88 bits per heavy atom. The van der Waals surface area contributed by atoms with Crippen LogP contribution in [0.4, 0.5) is 0 Å². The van der Waals surface area contributed by atoms with E-state index in [4.69, 9.17) is 10.2 Å². The van der Waals surface area contributed by atoms with Gasteiger partial charge in [-0.25, -0.2) is 9.97 Å².